The van der Waals surface area contributed by atoms with E-state index >= 15 is 0 Å². The number of carboxylic acid groups (broad SMARTS) is 1. The molecule has 0 spiro atoms. The molecule has 0 aromatic carbocycles. The Morgan fingerprint density at radius 1 is 1.33 bits per heavy atom. The van der Waals surface area contributed by atoms with E-state index in [1.807, 2.05) is 6.92 Å². The van der Waals surface area contributed by atoms with Crippen molar-refractivity contribution in [3.8, 4) is 0 Å². The molecular weight excluding hydrogens is 292 g/mol. The molecule has 6 nitrogen and oxygen atoms in total. The third kappa shape index (κ3) is 5.95. The molecule has 1 fully saturated rings. The maximum Gasteiger partial charge on any atom is 0.326 e. The second-order valence-electron chi connectivity index (χ2n) is 5.17. The molecule has 1 aliphatic heterocycles. The van der Waals surface area contributed by atoms with Gasteiger partial charge in [0, 0.05) is 25.9 Å². The summed E-state index contributed by atoms with van der Waals surface area (Å²) in [6.07, 6.45) is 1.63. The average Bonchev–Trinajstić information content (AvgIpc) is 2.46. The fourth-order valence-corrected chi connectivity index (χ4v) is 3.04. The van der Waals surface area contributed by atoms with E-state index in [2.05, 4.69) is 5.32 Å². The summed E-state index contributed by atoms with van der Waals surface area (Å²) in [5.74, 6) is 0.295. The molecule has 2 N–H and O–H groups in total. The number of aliphatic carboxylic acids is 1. The molecule has 7 heteroatoms. The Hall–Kier alpha value is -1.24. The average molecular weight is 316 g/mol. The number of carboxylic acids is 1. The Morgan fingerprint density at radius 3 is 2.43 bits per heavy atom. The zero-order valence-corrected chi connectivity index (χ0v) is 13.4. The molecule has 0 aromatic heterocycles. The number of nitrogens with one attached hydrogen (secondary N) is 1. The number of piperidine rings is 1. The maximum atomic E-state index is 12.1. The van der Waals surface area contributed by atoms with Gasteiger partial charge in [-0.05, 0) is 30.8 Å². The van der Waals surface area contributed by atoms with Crippen LogP contribution < -0.4 is 5.32 Å². The second-order valence-corrected chi connectivity index (χ2v) is 6.56. The van der Waals surface area contributed by atoms with Gasteiger partial charge in [0.05, 0.1) is 0 Å². The highest BCUT2D eigenvalue weighted by molar-refractivity contribution is 7.99. The summed E-state index contributed by atoms with van der Waals surface area (Å²) in [5, 5.41) is 11.8. The molecule has 21 heavy (non-hydrogen) atoms. The smallest absolute Gasteiger partial charge is 0.326 e. The number of amides is 2. The number of hydrogen-bond donors (Lipinski definition) is 2. The first-order chi connectivity index (χ1) is 9.95. The zero-order chi connectivity index (χ0) is 15.8. The lowest BCUT2D eigenvalue weighted by Gasteiger charge is -2.31. The quantitative estimate of drug-likeness (QED) is 0.683. The number of nitrogens with zero attached hydrogens (tertiary/aromatic N) is 1. The van der Waals surface area contributed by atoms with Crippen LogP contribution >= 0.6 is 11.8 Å². The molecule has 0 bridgehead atoms. The number of carbonyl (C=O) groups excluding carboxylic acids is 2. The summed E-state index contributed by atoms with van der Waals surface area (Å²) in [7, 11) is 0. The molecule has 2 amide bonds. The van der Waals surface area contributed by atoms with Crippen LogP contribution in [0.3, 0.4) is 0 Å². The van der Waals surface area contributed by atoms with Crippen molar-refractivity contribution in [1.29, 1.82) is 0 Å². The van der Waals surface area contributed by atoms with E-state index in [-0.39, 0.29) is 17.7 Å². The number of hydrogen-bond acceptors (Lipinski definition) is 4. The van der Waals surface area contributed by atoms with Gasteiger partial charge >= 0.3 is 5.97 Å². The topological polar surface area (TPSA) is 86.7 Å². The normalized spacial score (nSPS) is 17.3. The Kier molecular flexibility index (Phi) is 7.56. The predicted molar refractivity (Wildman–Crippen MR) is 82.2 cm³/mol. The second kappa shape index (κ2) is 8.92. The minimum atomic E-state index is -0.985. The standard InChI is InChI=1S/C14H24N2O4S/c1-3-21-9-6-12(14(19)20)15-13(18)11-4-7-16(8-5-11)10(2)17/h11-12H,3-9H2,1-2H3,(H,15,18)(H,19,20). The summed E-state index contributed by atoms with van der Waals surface area (Å²) < 4.78 is 0. The molecule has 1 unspecified atom stereocenters. The Balaban J connectivity index is 2.43. The van der Waals surface area contributed by atoms with Crippen molar-refractivity contribution in [1.82, 2.24) is 10.2 Å². The van der Waals surface area contributed by atoms with Crippen molar-refractivity contribution in [3.05, 3.63) is 0 Å². The fraction of sp³-hybridized carbons (Fsp3) is 0.786. The van der Waals surface area contributed by atoms with Gasteiger partial charge in [-0.2, -0.15) is 11.8 Å². The molecule has 1 rings (SSSR count). The van der Waals surface area contributed by atoms with Crippen LogP contribution in [0.2, 0.25) is 0 Å². The highest BCUT2D eigenvalue weighted by Crippen LogP contribution is 2.18. The van der Waals surface area contributed by atoms with Gasteiger partial charge in [-0.15, -0.1) is 0 Å². The zero-order valence-electron chi connectivity index (χ0n) is 12.6. The first-order valence-electron chi connectivity index (χ1n) is 7.32. The Bertz CT molecular complexity index is 381. The number of carbonyl (C=O) groups is 3. The molecule has 1 aliphatic rings. The number of rotatable bonds is 7. The van der Waals surface area contributed by atoms with E-state index in [1.165, 1.54) is 6.92 Å². The lowest BCUT2D eigenvalue weighted by Crippen LogP contribution is -2.47. The van der Waals surface area contributed by atoms with Crippen LogP contribution in [0.4, 0.5) is 0 Å². The van der Waals surface area contributed by atoms with Crippen molar-refractivity contribution in [2.24, 2.45) is 5.92 Å². The van der Waals surface area contributed by atoms with Gasteiger partial charge in [-0.25, -0.2) is 4.79 Å². The summed E-state index contributed by atoms with van der Waals surface area (Å²) in [6.45, 7) is 4.67. The van der Waals surface area contributed by atoms with Crippen molar-refractivity contribution < 1.29 is 19.5 Å². The third-order valence-corrected chi connectivity index (χ3v) is 4.61. The van der Waals surface area contributed by atoms with Crippen molar-refractivity contribution in [3.63, 3.8) is 0 Å². The van der Waals surface area contributed by atoms with Crippen LogP contribution in [0.25, 0.3) is 0 Å². The van der Waals surface area contributed by atoms with E-state index in [0.29, 0.717) is 32.4 Å². The Labute approximate surface area is 129 Å². The largest absolute Gasteiger partial charge is 0.480 e. The molecule has 1 atom stereocenters. The first kappa shape index (κ1) is 17.8. The summed E-state index contributed by atoms with van der Waals surface area (Å²) >= 11 is 1.66. The van der Waals surface area contributed by atoms with Crippen LogP contribution in [0.1, 0.15) is 33.1 Å². The van der Waals surface area contributed by atoms with Crippen LogP contribution in [0.15, 0.2) is 0 Å². The van der Waals surface area contributed by atoms with Gasteiger partial charge in [0.1, 0.15) is 6.04 Å². The SMILES string of the molecule is CCSCCC(NC(=O)C1CCN(C(C)=O)CC1)C(=O)O. The molecule has 1 heterocycles. The molecule has 0 aliphatic carbocycles. The van der Waals surface area contributed by atoms with Crippen molar-refractivity contribution in [2.45, 2.75) is 39.2 Å². The third-order valence-electron chi connectivity index (χ3n) is 3.68. The summed E-state index contributed by atoms with van der Waals surface area (Å²) in [6, 6.07) is -0.817. The molecule has 0 radical (unpaired) electrons. The van der Waals surface area contributed by atoms with Crippen LogP contribution in [-0.2, 0) is 14.4 Å². The minimum absolute atomic E-state index is 0.0221. The van der Waals surface area contributed by atoms with Gasteiger partial charge in [0.25, 0.3) is 0 Å². The van der Waals surface area contributed by atoms with E-state index in [9.17, 15) is 14.4 Å². The fourth-order valence-electron chi connectivity index (χ4n) is 2.35. The molecule has 120 valence electrons. The van der Waals surface area contributed by atoms with E-state index < -0.39 is 12.0 Å². The summed E-state index contributed by atoms with van der Waals surface area (Å²) in [4.78, 5) is 36.3. The molecule has 1 saturated heterocycles. The lowest BCUT2D eigenvalue weighted by molar-refractivity contribution is -0.143. The van der Waals surface area contributed by atoms with E-state index in [1.54, 1.807) is 16.7 Å². The van der Waals surface area contributed by atoms with E-state index in [0.717, 1.165) is 11.5 Å². The number of likely N-dealkylation sites (tertiary alicyclic amines) is 1. The first-order valence-corrected chi connectivity index (χ1v) is 8.47. The van der Waals surface area contributed by atoms with Crippen molar-refractivity contribution in [2.75, 3.05) is 24.6 Å². The van der Waals surface area contributed by atoms with Gasteiger partial charge in [-0.1, -0.05) is 6.92 Å². The van der Waals surface area contributed by atoms with Gasteiger partial charge in [-0.3, -0.25) is 9.59 Å². The van der Waals surface area contributed by atoms with Gasteiger partial charge in [0.15, 0.2) is 0 Å². The van der Waals surface area contributed by atoms with Gasteiger partial charge in [0.2, 0.25) is 11.8 Å². The predicted octanol–water partition coefficient (Wildman–Crippen LogP) is 0.957. The monoisotopic (exact) mass is 316 g/mol. The van der Waals surface area contributed by atoms with Crippen molar-refractivity contribution >= 4 is 29.5 Å². The van der Waals surface area contributed by atoms with Crippen LogP contribution in [0.5, 0.6) is 0 Å². The van der Waals surface area contributed by atoms with Crippen LogP contribution in [0, 0.1) is 5.92 Å². The van der Waals surface area contributed by atoms with Crippen LogP contribution in [-0.4, -0.2) is 58.4 Å². The summed E-state index contributed by atoms with van der Waals surface area (Å²) in [5.41, 5.74) is 0. The molecule has 0 aromatic rings. The van der Waals surface area contributed by atoms with Gasteiger partial charge < -0.3 is 15.3 Å². The highest BCUT2D eigenvalue weighted by Gasteiger charge is 2.28. The molecule has 0 saturated carbocycles. The minimum Gasteiger partial charge on any atom is -0.480 e. The number of thioether (sulfide) groups is 1. The maximum absolute atomic E-state index is 12.1. The Morgan fingerprint density at radius 2 is 1.95 bits per heavy atom. The van der Waals surface area contributed by atoms with E-state index in [4.69, 9.17) is 5.11 Å². The molecular formula is C14H24N2O4S. The lowest BCUT2D eigenvalue weighted by atomic mass is 9.95. The highest BCUT2D eigenvalue weighted by atomic mass is 32.2.